The highest BCUT2D eigenvalue weighted by Crippen LogP contribution is 2.28. The zero-order chi connectivity index (χ0) is 17.1. The number of thiazole rings is 1. The third-order valence-corrected chi connectivity index (χ3v) is 4.00. The lowest BCUT2D eigenvalue weighted by Crippen LogP contribution is -2.15. The number of anilines is 2. The Bertz CT molecular complexity index is 905. The smallest absolute Gasteiger partial charge is 0.372 e. The molecule has 0 fully saturated rings. The van der Waals surface area contributed by atoms with E-state index in [-0.39, 0.29) is 17.3 Å². The van der Waals surface area contributed by atoms with Crippen molar-refractivity contribution < 1.29 is 9.85 Å². The predicted molar refractivity (Wildman–Crippen MR) is 89.8 cm³/mol. The maximum absolute atomic E-state index is 11.2. The fraction of sp³-hybridized carbons (Fsp3) is 0.154. The van der Waals surface area contributed by atoms with E-state index in [1.807, 2.05) is 0 Å². The molecular weight excluding hydrogens is 336 g/mol. The Morgan fingerprint density at radius 3 is 2.62 bits per heavy atom. The number of hydrogen-bond donors (Lipinski definition) is 2. The topological polar surface area (TPSA) is 128 Å². The van der Waals surface area contributed by atoms with Gasteiger partial charge in [0.1, 0.15) is 11.9 Å². The Kier molecular flexibility index (Phi) is 4.24. The maximum Gasteiger partial charge on any atom is 0.372 e. The zero-order valence-electron chi connectivity index (χ0n) is 12.2. The quantitative estimate of drug-likeness (QED) is 0.381. The molecule has 124 valence electrons. The van der Waals surface area contributed by atoms with E-state index in [0.29, 0.717) is 23.7 Å². The fourth-order valence-electron chi connectivity index (χ4n) is 2.23. The number of rotatable bonds is 7. The van der Waals surface area contributed by atoms with Gasteiger partial charge < -0.3 is 20.7 Å². The second-order valence-electron chi connectivity index (χ2n) is 4.72. The van der Waals surface area contributed by atoms with E-state index in [0.717, 1.165) is 0 Å². The number of nitrogens with one attached hydrogen (secondary N) is 2. The summed E-state index contributed by atoms with van der Waals surface area (Å²) >= 11 is 1.30. The van der Waals surface area contributed by atoms with E-state index in [1.54, 1.807) is 29.8 Å². The van der Waals surface area contributed by atoms with Gasteiger partial charge in [-0.15, -0.1) is 0 Å². The van der Waals surface area contributed by atoms with E-state index in [9.17, 15) is 20.2 Å². The van der Waals surface area contributed by atoms with Crippen molar-refractivity contribution in [2.24, 2.45) is 0 Å². The van der Waals surface area contributed by atoms with Gasteiger partial charge in [0.2, 0.25) is 5.82 Å². The lowest BCUT2D eigenvalue weighted by molar-refractivity contribution is -0.389. The van der Waals surface area contributed by atoms with Crippen LogP contribution in [0.3, 0.4) is 0 Å². The Balaban J connectivity index is 1.65. The average Bonchev–Trinajstić information content (AvgIpc) is 3.11. The first-order chi connectivity index (χ1) is 11.6. The summed E-state index contributed by atoms with van der Waals surface area (Å²) in [5.74, 6) is 0.0492. The van der Waals surface area contributed by atoms with Crippen LogP contribution in [0.5, 0.6) is 0 Å². The van der Waals surface area contributed by atoms with Crippen LogP contribution in [0.25, 0.3) is 4.96 Å². The lowest BCUT2D eigenvalue weighted by atomic mass is 10.2. The molecule has 0 bridgehead atoms. The van der Waals surface area contributed by atoms with Gasteiger partial charge in [0.15, 0.2) is 0 Å². The van der Waals surface area contributed by atoms with Crippen molar-refractivity contribution in [1.82, 2.24) is 9.38 Å². The molecule has 1 aromatic carbocycles. The highest BCUT2D eigenvalue weighted by atomic mass is 32.1. The van der Waals surface area contributed by atoms with Crippen LogP contribution < -0.4 is 10.6 Å². The monoisotopic (exact) mass is 348 g/mol. The van der Waals surface area contributed by atoms with Crippen LogP contribution in [-0.4, -0.2) is 32.3 Å². The molecule has 0 unspecified atom stereocenters. The number of nitro groups is 2. The van der Waals surface area contributed by atoms with Gasteiger partial charge in [-0.25, -0.2) is 0 Å². The largest absolute Gasteiger partial charge is 0.378 e. The molecular formula is C13H12N6O4S. The molecule has 0 spiro atoms. The van der Waals surface area contributed by atoms with Crippen LogP contribution in [0, 0.1) is 20.2 Å². The molecule has 24 heavy (non-hydrogen) atoms. The number of aromatic nitrogens is 2. The predicted octanol–water partition coefficient (Wildman–Crippen LogP) is 2.74. The van der Waals surface area contributed by atoms with Gasteiger partial charge in [-0.2, -0.15) is 9.38 Å². The normalized spacial score (nSPS) is 10.7. The minimum Gasteiger partial charge on any atom is -0.378 e. The molecule has 3 aromatic rings. The highest BCUT2D eigenvalue weighted by Gasteiger charge is 2.23. The van der Waals surface area contributed by atoms with E-state index >= 15 is 0 Å². The second-order valence-corrected chi connectivity index (χ2v) is 5.60. The van der Waals surface area contributed by atoms with Crippen LogP contribution in [0.15, 0.2) is 35.8 Å². The van der Waals surface area contributed by atoms with Crippen molar-refractivity contribution in [3.63, 3.8) is 0 Å². The van der Waals surface area contributed by atoms with Crippen LogP contribution in [0.2, 0.25) is 0 Å². The summed E-state index contributed by atoms with van der Waals surface area (Å²) in [4.78, 5) is 25.9. The molecule has 2 N–H and O–H groups in total. The number of nitrogens with zero attached hydrogens (tertiary/aromatic N) is 4. The van der Waals surface area contributed by atoms with Gasteiger partial charge in [-0.1, -0.05) is 23.5 Å². The van der Waals surface area contributed by atoms with E-state index in [2.05, 4.69) is 15.6 Å². The third kappa shape index (κ3) is 2.96. The zero-order valence-corrected chi connectivity index (χ0v) is 13.0. The molecule has 0 atom stereocenters. The lowest BCUT2D eigenvalue weighted by Gasteiger charge is -2.07. The summed E-state index contributed by atoms with van der Waals surface area (Å²) in [6.07, 6.45) is 1.59. The van der Waals surface area contributed by atoms with Crippen molar-refractivity contribution in [3.8, 4) is 0 Å². The molecule has 0 saturated carbocycles. The summed E-state index contributed by atoms with van der Waals surface area (Å²) in [6, 6.07) is 6.29. The first-order valence-corrected chi connectivity index (χ1v) is 7.77. The van der Waals surface area contributed by atoms with Gasteiger partial charge in [0.25, 0.3) is 10.6 Å². The van der Waals surface area contributed by atoms with Gasteiger partial charge in [0.05, 0.1) is 4.92 Å². The van der Waals surface area contributed by atoms with Crippen LogP contribution in [0.4, 0.5) is 23.0 Å². The van der Waals surface area contributed by atoms with Crippen LogP contribution in [0.1, 0.15) is 0 Å². The molecule has 3 rings (SSSR count). The molecule has 0 aliphatic heterocycles. The Morgan fingerprint density at radius 2 is 1.88 bits per heavy atom. The second kappa shape index (κ2) is 6.50. The minimum absolute atomic E-state index is 0.0222. The van der Waals surface area contributed by atoms with Crippen molar-refractivity contribution in [2.45, 2.75) is 0 Å². The first kappa shape index (κ1) is 15.7. The summed E-state index contributed by atoms with van der Waals surface area (Å²) in [5, 5.41) is 29.7. The van der Waals surface area contributed by atoms with Crippen LogP contribution >= 0.6 is 11.3 Å². The van der Waals surface area contributed by atoms with Gasteiger partial charge in [-0.05, 0) is 11.0 Å². The first-order valence-electron chi connectivity index (χ1n) is 6.89. The summed E-state index contributed by atoms with van der Waals surface area (Å²) in [7, 11) is 0. The summed E-state index contributed by atoms with van der Waals surface area (Å²) in [6.45, 7) is 0.658. The average molecular weight is 348 g/mol. The Morgan fingerprint density at radius 1 is 1.12 bits per heavy atom. The summed E-state index contributed by atoms with van der Waals surface area (Å²) in [5.41, 5.74) is 0.371. The molecule has 2 aromatic heterocycles. The Labute approximate surface area is 139 Å². The van der Waals surface area contributed by atoms with Crippen molar-refractivity contribution in [1.29, 1.82) is 0 Å². The molecule has 0 amide bonds. The number of para-hydroxylation sites is 2. The van der Waals surface area contributed by atoms with E-state index in [4.69, 9.17) is 0 Å². The Hall–Kier alpha value is -3.21. The molecule has 0 aliphatic carbocycles. The summed E-state index contributed by atoms with van der Waals surface area (Å²) < 4.78 is 1.41. The molecule has 10 nitrogen and oxygen atoms in total. The molecule has 0 aliphatic rings. The number of nitro benzene ring substituents is 1. The third-order valence-electron chi connectivity index (χ3n) is 3.24. The minimum atomic E-state index is -0.496. The SMILES string of the molecule is O=[N+]([O-])c1ccccc1NCCNc1nc2sccn2c1[N+](=O)[O-]. The van der Waals surface area contributed by atoms with Gasteiger partial charge >= 0.3 is 5.82 Å². The molecule has 0 radical (unpaired) electrons. The molecule has 11 heteroatoms. The van der Waals surface area contributed by atoms with Crippen LogP contribution in [-0.2, 0) is 0 Å². The number of hydrogen-bond acceptors (Lipinski definition) is 8. The molecule has 0 saturated heterocycles. The standard InChI is InChI=1S/C13H12N6O4S/c20-18(21)10-4-2-1-3-9(10)14-5-6-15-11-12(19(22)23)17-7-8-24-13(17)16-11/h1-4,7-8,14-15H,5-6H2. The highest BCUT2D eigenvalue weighted by molar-refractivity contribution is 7.15. The number of imidazole rings is 1. The van der Waals surface area contributed by atoms with Crippen molar-refractivity contribution >= 4 is 39.3 Å². The van der Waals surface area contributed by atoms with E-state index in [1.165, 1.54) is 21.8 Å². The number of fused-ring (bicyclic) bond motifs is 1. The van der Waals surface area contributed by atoms with E-state index < -0.39 is 9.85 Å². The van der Waals surface area contributed by atoms with Gasteiger partial charge in [0, 0.05) is 24.5 Å². The maximum atomic E-state index is 11.2. The number of benzene rings is 1. The van der Waals surface area contributed by atoms with Crippen molar-refractivity contribution in [3.05, 3.63) is 56.1 Å². The van der Waals surface area contributed by atoms with Gasteiger partial charge in [-0.3, -0.25) is 10.1 Å². The fourth-order valence-corrected chi connectivity index (χ4v) is 2.94. The van der Waals surface area contributed by atoms with Crippen molar-refractivity contribution in [2.75, 3.05) is 23.7 Å². The molecule has 2 heterocycles.